The summed E-state index contributed by atoms with van der Waals surface area (Å²) in [4.78, 5) is 2.40. The van der Waals surface area contributed by atoms with Crippen molar-refractivity contribution in [3.8, 4) is 11.1 Å². The highest BCUT2D eigenvalue weighted by molar-refractivity contribution is 6.21. The van der Waals surface area contributed by atoms with Gasteiger partial charge >= 0.3 is 0 Å². The molecule has 0 unspecified atom stereocenters. The largest absolute Gasteiger partial charge is 0.456 e. The number of fused-ring (bicyclic) bond motifs is 8. The van der Waals surface area contributed by atoms with Crippen molar-refractivity contribution in [2.75, 3.05) is 4.90 Å². The Morgan fingerprint density at radius 3 is 1.82 bits per heavy atom. The molecule has 2 nitrogen and oxygen atoms in total. The molecule has 0 fully saturated rings. The van der Waals surface area contributed by atoms with Crippen LogP contribution in [-0.4, -0.2) is 0 Å². The Morgan fingerprint density at radius 2 is 0.932 bits per heavy atom. The van der Waals surface area contributed by atoms with Crippen molar-refractivity contribution < 1.29 is 4.42 Å². The zero-order valence-electron chi connectivity index (χ0n) is 23.9. The van der Waals surface area contributed by atoms with Crippen LogP contribution in [0.1, 0.15) is 0 Å². The minimum Gasteiger partial charge on any atom is -0.456 e. The van der Waals surface area contributed by atoms with Gasteiger partial charge in [-0.15, -0.1) is 0 Å². The summed E-state index contributed by atoms with van der Waals surface area (Å²) in [6.07, 6.45) is 0. The molecule has 9 rings (SSSR count). The van der Waals surface area contributed by atoms with E-state index in [0.29, 0.717) is 0 Å². The zero-order valence-corrected chi connectivity index (χ0v) is 23.9. The van der Waals surface area contributed by atoms with E-state index in [-0.39, 0.29) is 0 Å². The fourth-order valence-corrected chi connectivity index (χ4v) is 6.82. The third-order valence-corrected chi connectivity index (χ3v) is 8.86. The van der Waals surface area contributed by atoms with E-state index >= 15 is 0 Å². The van der Waals surface area contributed by atoms with Crippen molar-refractivity contribution in [2.24, 2.45) is 0 Å². The minimum absolute atomic E-state index is 0.881. The van der Waals surface area contributed by atoms with E-state index in [9.17, 15) is 0 Å². The molecule has 0 N–H and O–H groups in total. The molecule has 1 aromatic heterocycles. The van der Waals surface area contributed by atoms with Crippen LogP contribution in [0, 0.1) is 0 Å². The van der Waals surface area contributed by atoms with Gasteiger partial charge in [0.2, 0.25) is 0 Å². The van der Waals surface area contributed by atoms with Crippen molar-refractivity contribution in [3.05, 3.63) is 164 Å². The Bertz CT molecular complexity index is 2490. The standard InChI is InChI=1S/C42H27NO/c1-2-10-28(11-3-1)29-20-23-31(24-21-29)43(39-17-9-19-41-42(39)37-14-6-7-18-40(37)44-41)38-16-8-15-33-35-25-22-30-12-4-5-13-32(30)34(35)26-27-36(33)38/h1-27H. The van der Waals surface area contributed by atoms with Crippen molar-refractivity contribution in [3.63, 3.8) is 0 Å². The Balaban J connectivity index is 1.33. The van der Waals surface area contributed by atoms with Crippen molar-refractivity contribution in [1.82, 2.24) is 0 Å². The fourth-order valence-electron chi connectivity index (χ4n) is 6.82. The molecule has 0 spiro atoms. The van der Waals surface area contributed by atoms with E-state index in [0.717, 1.165) is 39.0 Å². The number of anilines is 3. The highest BCUT2D eigenvalue weighted by Crippen LogP contribution is 2.46. The van der Waals surface area contributed by atoms with Crippen LogP contribution < -0.4 is 4.90 Å². The molecular weight excluding hydrogens is 534 g/mol. The maximum absolute atomic E-state index is 6.35. The number of hydrogen-bond acceptors (Lipinski definition) is 2. The lowest BCUT2D eigenvalue weighted by atomic mass is 9.95. The molecule has 9 aromatic rings. The molecule has 2 heteroatoms. The summed E-state index contributed by atoms with van der Waals surface area (Å²) in [6, 6.07) is 58.5. The van der Waals surface area contributed by atoms with Gasteiger partial charge in [0.15, 0.2) is 0 Å². The van der Waals surface area contributed by atoms with Crippen LogP contribution in [0.3, 0.4) is 0 Å². The molecule has 44 heavy (non-hydrogen) atoms. The first-order chi connectivity index (χ1) is 21.8. The highest BCUT2D eigenvalue weighted by atomic mass is 16.3. The third kappa shape index (κ3) is 3.82. The van der Waals surface area contributed by atoms with E-state index in [1.165, 1.54) is 43.4 Å². The second-order valence-electron chi connectivity index (χ2n) is 11.3. The number of furan rings is 1. The minimum atomic E-state index is 0.881. The van der Waals surface area contributed by atoms with Gasteiger partial charge in [-0.3, -0.25) is 0 Å². The first-order valence-corrected chi connectivity index (χ1v) is 15.0. The van der Waals surface area contributed by atoms with Gasteiger partial charge in [0.05, 0.1) is 16.8 Å². The molecule has 0 aliphatic carbocycles. The number of para-hydroxylation sites is 1. The van der Waals surface area contributed by atoms with Gasteiger partial charge in [-0.05, 0) is 74.5 Å². The maximum Gasteiger partial charge on any atom is 0.137 e. The Morgan fingerprint density at radius 1 is 0.341 bits per heavy atom. The monoisotopic (exact) mass is 561 g/mol. The lowest BCUT2D eigenvalue weighted by Gasteiger charge is -2.28. The first kappa shape index (κ1) is 24.7. The van der Waals surface area contributed by atoms with Crippen molar-refractivity contribution in [2.45, 2.75) is 0 Å². The maximum atomic E-state index is 6.35. The van der Waals surface area contributed by atoms with Crippen LogP contribution in [0.15, 0.2) is 168 Å². The predicted molar refractivity (Wildman–Crippen MR) is 186 cm³/mol. The van der Waals surface area contributed by atoms with Gasteiger partial charge in [-0.1, -0.05) is 127 Å². The predicted octanol–water partition coefficient (Wildman–Crippen LogP) is 12.2. The van der Waals surface area contributed by atoms with Gasteiger partial charge in [-0.25, -0.2) is 0 Å². The average Bonchev–Trinajstić information content (AvgIpc) is 3.48. The summed E-state index contributed by atoms with van der Waals surface area (Å²) in [5.74, 6) is 0. The molecule has 206 valence electrons. The molecule has 0 bridgehead atoms. The summed E-state index contributed by atoms with van der Waals surface area (Å²) < 4.78 is 6.35. The second-order valence-corrected chi connectivity index (χ2v) is 11.3. The van der Waals surface area contributed by atoms with Crippen LogP contribution in [0.2, 0.25) is 0 Å². The van der Waals surface area contributed by atoms with Crippen LogP contribution in [0.4, 0.5) is 17.1 Å². The van der Waals surface area contributed by atoms with Gasteiger partial charge < -0.3 is 9.32 Å². The molecule has 8 aromatic carbocycles. The van der Waals surface area contributed by atoms with Crippen LogP contribution in [-0.2, 0) is 0 Å². The summed E-state index contributed by atoms with van der Waals surface area (Å²) in [5, 5.41) is 9.73. The topological polar surface area (TPSA) is 16.4 Å². The average molecular weight is 562 g/mol. The third-order valence-electron chi connectivity index (χ3n) is 8.86. The lowest BCUT2D eigenvalue weighted by Crippen LogP contribution is -2.11. The molecule has 1 heterocycles. The van der Waals surface area contributed by atoms with E-state index in [1.54, 1.807) is 0 Å². The Kier molecular flexibility index (Phi) is 5.54. The molecule has 0 aliphatic heterocycles. The molecule has 0 radical (unpaired) electrons. The summed E-state index contributed by atoms with van der Waals surface area (Å²) in [6.45, 7) is 0. The van der Waals surface area contributed by atoms with E-state index in [2.05, 4.69) is 157 Å². The number of rotatable bonds is 4. The second kappa shape index (κ2) is 9.86. The molecule has 0 aliphatic rings. The van der Waals surface area contributed by atoms with Gasteiger partial charge in [0.1, 0.15) is 11.2 Å². The summed E-state index contributed by atoms with van der Waals surface area (Å²) in [5.41, 5.74) is 7.48. The molecule has 0 atom stereocenters. The number of benzene rings is 8. The smallest absolute Gasteiger partial charge is 0.137 e. The van der Waals surface area contributed by atoms with Crippen LogP contribution >= 0.6 is 0 Å². The Labute approximate surface area is 255 Å². The van der Waals surface area contributed by atoms with Crippen LogP contribution in [0.5, 0.6) is 0 Å². The molecule has 0 saturated heterocycles. The molecular formula is C42H27NO. The number of nitrogens with zero attached hydrogens (tertiary/aromatic N) is 1. The van der Waals surface area contributed by atoms with E-state index < -0.39 is 0 Å². The normalized spacial score (nSPS) is 11.6. The fraction of sp³-hybridized carbons (Fsp3) is 0. The summed E-state index contributed by atoms with van der Waals surface area (Å²) >= 11 is 0. The van der Waals surface area contributed by atoms with Gasteiger partial charge in [-0.2, -0.15) is 0 Å². The molecule has 0 amide bonds. The lowest BCUT2D eigenvalue weighted by molar-refractivity contribution is 0.669. The highest BCUT2D eigenvalue weighted by Gasteiger charge is 2.21. The van der Waals surface area contributed by atoms with E-state index in [4.69, 9.17) is 4.42 Å². The van der Waals surface area contributed by atoms with Crippen LogP contribution in [0.25, 0.3) is 65.4 Å². The first-order valence-electron chi connectivity index (χ1n) is 15.0. The number of hydrogen-bond donors (Lipinski definition) is 0. The van der Waals surface area contributed by atoms with E-state index in [1.807, 2.05) is 12.1 Å². The van der Waals surface area contributed by atoms with Crippen molar-refractivity contribution in [1.29, 1.82) is 0 Å². The summed E-state index contributed by atoms with van der Waals surface area (Å²) in [7, 11) is 0. The quantitative estimate of drug-likeness (QED) is 0.199. The van der Waals surface area contributed by atoms with Gasteiger partial charge in [0.25, 0.3) is 0 Å². The van der Waals surface area contributed by atoms with Gasteiger partial charge in [0, 0.05) is 16.5 Å². The SMILES string of the molecule is c1ccc(-c2ccc(N(c3cccc4c3ccc3c5ccccc5ccc43)c3cccc4oc5ccccc5c34)cc2)cc1. The molecule has 0 saturated carbocycles. The Hall–Kier alpha value is -5.86. The zero-order chi connectivity index (χ0) is 29.0. The van der Waals surface area contributed by atoms with Crippen molar-refractivity contribution >= 4 is 71.3 Å².